The summed E-state index contributed by atoms with van der Waals surface area (Å²) in [6.07, 6.45) is -8.52. The van der Waals surface area contributed by atoms with Crippen molar-refractivity contribution in [3.05, 3.63) is 191 Å². The Kier molecular flexibility index (Phi) is 22.5. The van der Waals surface area contributed by atoms with Gasteiger partial charge in [0.25, 0.3) is 17.7 Å². The van der Waals surface area contributed by atoms with Crippen molar-refractivity contribution in [3.8, 4) is 0 Å². The van der Waals surface area contributed by atoms with Crippen LogP contribution in [0, 0.1) is 0 Å². The lowest BCUT2D eigenvalue weighted by atomic mass is 10.0. The van der Waals surface area contributed by atoms with Crippen LogP contribution in [0.1, 0.15) is 66.4 Å². The van der Waals surface area contributed by atoms with Crippen LogP contribution in [0.25, 0.3) is 12.2 Å². The van der Waals surface area contributed by atoms with Gasteiger partial charge in [-0.05, 0) is 128 Å². The van der Waals surface area contributed by atoms with Crippen LogP contribution < -0.4 is 31.9 Å². The van der Waals surface area contributed by atoms with Crippen molar-refractivity contribution < 1.29 is 74.0 Å². The molecule has 6 aromatic carbocycles. The first kappa shape index (κ1) is 66.1. The molecule has 0 radical (unpaired) electrons. The highest BCUT2D eigenvalue weighted by molar-refractivity contribution is 6.17. The van der Waals surface area contributed by atoms with Crippen LogP contribution in [-0.2, 0) is 55.2 Å². The number of hydrogen-bond acceptors (Lipinski definition) is 13. The molecule has 470 valence electrons. The summed E-state index contributed by atoms with van der Waals surface area (Å²) in [5.41, 5.74) is 5.36. The third-order valence-corrected chi connectivity index (χ3v) is 13.9. The maximum absolute atomic E-state index is 14.9. The zero-order valence-corrected chi connectivity index (χ0v) is 49.0. The molecule has 0 saturated carbocycles. The summed E-state index contributed by atoms with van der Waals surface area (Å²) in [4.78, 5) is 76.5. The van der Waals surface area contributed by atoms with Gasteiger partial charge in [0.05, 0.1) is 73.5 Å². The van der Waals surface area contributed by atoms with Crippen molar-refractivity contribution >= 4 is 76.0 Å². The molecule has 0 bridgehead atoms. The Morgan fingerprint density at radius 3 is 1.48 bits per heavy atom. The second-order valence-electron chi connectivity index (χ2n) is 21.6. The van der Waals surface area contributed by atoms with Crippen LogP contribution in [0.15, 0.2) is 157 Å². The number of hydrogen-bond donors (Lipinski definition) is 5. The van der Waals surface area contributed by atoms with Gasteiger partial charge in [0.15, 0.2) is 12.2 Å². The minimum Gasteiger partial charge on any atom is -0.443 e. The molecule has 0 spiro atoms. The molecule has 6 aromatic rings. The van der Waals surface area contributed by atoms with E-state index in [-0.39, 0.29) is 53.0 Å². The highest BCUT2D eigenvalue weighted by atomic mass is 19.4. The number of nitrogens with zero attached hydrogens (tertiary/aromatic N) is 3. The van der Waals surface area contributed by atoms with E-state index in [9.17, 15) is 50.3 Å². The molecule has 2 unspecified atom stereocenters. The van der Waals surface area contributed by atoms with E-state index in [2.05, 4.69) is 31.1 Å². The zero-order chi connectivity index (χ0) is 63.7. The molecule has 24 heteroatoms. The largest absolute Gasteiger partial charge is 0.443 e. The van der Waals surface area contributed by atoms with Crippen LogP contribution in [0.2, 0.25) is 0 Å². The average Bonchev–Trinajstić information content (AvgIpc) is 1.73. The zero-order valence-electron chi connectivity index (χ0n) is 49.0. The Labute approximate surface area is 510 Å². The summed E-state index contributed by atoms with van der Waals surface area (Å²) in [6.45, 7) is 10.9. The molecule has 2 fully saturated rings. The minimum absolute atomic E-state index is 0.00481. The Morgan fingerprint density at radius 1 is 0.573 bits per heavy atom. The molecule has 2 aliphatic heterocycles. The number of benzene rings is 6. The lowest BCUT2D eigenvalue weighted by molar-refractivity contribution is -0.138. The fourth-order valence-electron chi connectivity index (χ4n) is 9.29. The summed E-state index contributed by atoms with van der Waals surface area (Å²) in [7, 11) is 0. The number of alkyl halides is 6. The smallest absolute Gasteiger partial charge is 0.419 e. The molecule has 89 heavy (non-hydrogen) atoms. The van der Waals surface area contributed by atoms with Gasteiger partial charge in [0.1, 0.15) is 11.3 Å². The van der Waals surface area contributed by atoms with Crippen LogP contribution >= 0.6 is 0 Å². The van der Waals surface area contributed by atoms with E-state index < -0.39 is 71.0 Å². The highest BCUT2D eigenvalue weighted by Gasteiger charge is 2.34. The molecular weight excluding hydrogens is 1170 g/mol. The molecular formula is C65H68F6N8O10. The molecule has 18 nitrogen and oxygen atoms in total. The number of nitrogens with two attached hydrogens (primary N) is 1. The normalized spacial score (nSPS) is 15.2. The van der Waals surface area contributed by atoms with Crippen molar-refractivity contribution in [1.29, 1.82) is 0 Å². The Morgan fingerprint density at radius 2 is 1.02 bits per heavy atom. The minimum atomic E-state index is -4.59. The molecule has 0 aliphatic carbocycles. The second-order valence-corrected chi connectivity index (χ2v) is 21.6. The van der Waals surface area contributed by atoms with Gasteiger partial charge in [-0.2, -0.15) is 26.3 Å². The number of nitrogens with one attached hydrogen (secondary N) is 4. The molecule has 8 rings (SSSR count). The lowest BCUT2D eigenvalue weighted by Gasteiger charge is -2.30. The number of carbonyl (C=O) groups is 5. The summed E-state index contributed by atoms with van der Waals surface area (Å²) < 4.78 is 109. The van der Waals surface area contributed by atoms with E-state index in [0.29, 0.717) is 87.9 Å². The van der Waals surface area contributed by atoms with Crippen LogP contribution in [-0.4, -0.2) is 124 Å². The monoisotopic (exact) mass is 1230 g/mol. The number of ether oxygens (including phenoxy) is 5. The lowest BCUT2D eigenvalue weighted by Crippen LogP contribution is -2.40. The number of nitrogen functional groups attached to an aromatic ring is 1. The predicted octanol–water partition coefficient (Wildman–Crippen LogP) is 11.4. The topological polar surface area (TPSA) is 215 Å². The van der Waals surface area contributed by atoms with E-state index in [0.717, 1.165) is 53.4 Å². The molecule has 2 heterocycles. The standard InChI is InChI=1S/C65H68F6N8O10/c1-63(2,3)89-62(84)79(54-11-7-6-10-53(54)75-56(80)29-16-43-12-17-45(18-13-43)57(87-40-34-77-30-36-85-37-31-77)60(82)73-49-25-21-47(22-26-49)64(66,67)68)55(59(81)76-52-9-5-4-8-51(52)72)42-44-14-19-46(20-15-44)58(88-41-35-78-32-38-86-39-33-78)61(83)74-50-27-23-48(24-28-50)65(69,70)71/h4-29,42,57-58H,30-41,72H2,1-3H3,(H,73,82)(H,74,83)(H,75,80)(H,76,81)/b29-16+,55-42+. The van der Waals surface area contributed by atoms with Gasteiger partial charge in [0.2, 0.25) is 5.91 Å². The fraction of sp³-hybridized carbons (Fsp3) is 0.308. The number of halogens is 6. The molecule has 6 N–H and O–H groups in total. The van der Waals surface area contributed by atoms with E-state index in [1.54, 1.807) is 106 Å². The Balaban J connectivity index is 1.07. The number of rotatable bonds is 22. The van der Waals surface area contributed by atoms with E-state index >= 15 is 0 Å². The molecule has 5 amide bonds. The van der Waals surface area contributed by atoms with Crippen molar-refractivity contribution in [2.75, 3.05) is 111 Å². The van der Waals surface area contributed by atoms with Gasteiger partial charge in [0, 0.05) is 56.7 Å². The molecule has 2 atom stereocenters. The van der Waals surface area contributed by atoms with Gasteiger partial charge in [-0.15, -0.1) is 0 Å². The summed E-state index contributed by atoms with van der Waals surface area (Å²) in [6, 6.07) is 33.4. The molecule has 0 aromatic heterocycles. The second kappa shape index (κ2) is 30.3. The maximum Gasteiger partial charge on any atom is 0.419 e. The van der Waals surface area contributed by atoms with Crippen LogP contribution in [0.5, 0.6) is 0 Å². The van der Waals surface area contributed by atoms with Crippen molar-refractivity contribution in [1.82, 2.24) is 9.80 Å². The van der Waals surface area contributed by atoms with Gasteiger partial charge < -0.3 is 50.7 Å². The van der Waals surface area contributed by atoms with E-state index in [1.807, 2.05) is 0 Å². The quantitative estimate of drug-likeness (QED) is 0.0243. The number of amides is 5. The van der Waals surface area contributed by atoms with Gasteiger partial charge >= 0.3 is 18.4 Å². The number of anilines is 6. The first-order valence-corrected chi connectivity index (χ1v) is 28.5. The molecule has 2 aliphatic rings. The summed E-state index contributed by atoms with van der Waals surface area (Å²) >= 11 is 0. The Hall–Kier alpha value is -8.91. The first-order chi connectivity index (χ1) is 42.5. The summed E-state index contributed by atoms with van der Waals surface area (Å²) in [5.74, 6) is -2.81. The predicted molar refractivity (Wildman–Crippen MR) is 325 cm³/mol. The van der Waals surface area contributed by atoms with Gasteiger partial charge in [-0.25, -0.2) is 9.69 Å². The third-order valence-electron chi connectivity index (χ3n) is 13.9. The summed E-state index contributed by atoms with van der Waals surface area (Å²) in [5, 5.41) is 10.9. The fourth-order valence-corrected chi connectivity index (χ4v) is 9.29. The van der Waals surface area contributed by atoms with E-state index in [4.69, 9.17) is 29.4 Å². The number of carbonyl (C=O) groups excluding carboxylic acids is 5. The van der Waals surface area contributed by atoms with Crippen LogP contribution in [0.4, 0.5) is 65.3 Å². The third kappa shape index (κ3) is 19.5. The van der Waals surface area contributed by atoms with Gasteiger partial charge in [-0.1, -0.05) is 72.8 Å². The average molecular weight is 1240 g/mol. The maximum atomic E-state index is 14.9. The number of para-hydroxylation sites is 4. The highest BCUT2D eigenvalue weighted by Crippen LogP contribution is 2.35. The van der Waals surface area contributed by atoms with Crippen molar-refractivity contribution in [2.45, 2.75) is 50.9 Å². The van der Waals surface area contributed by atoms with Gasteiger partial charge in [-0.3, -0.25) is 29.0 Å². The molecule has 2 saturated heterocycles. The van der Waals surface area contributed by atoms with Crippen molar-refractivity contribution in [3.63, 3.8) is 0 Å². The van der Waals surface area contributed by atoms with Crippen LogP contribution in [0.3, 0.4) is 0 Å². The first-order valence-electron chi connectivity index (χ1n) is 28.5. The van der Waals surface area contributed by atoms with Crippen molar-refractivity contribution in [2.24, 2.45) is 0 Å². The van der Waals surface area contributed by atoms with E-state index in [1.165, 1.54) is 30.4 Å². The number of morpholine rings is 2. The SMILES string of the molecule is CC(C)(C)OC(=O)N(/C(=C/c1ccc(C(OCCN2CCOCC2)C(=O)Nc2ccc(C(F)(F)F)cc2)cc1)C(=O)Nc1ccccc1N)c1ccccc1NC(=O)/C=C/c1ccc(C(OCCN2CCOCC2)C(=O)Nc2ccc(C(F)(F)F)cc2)cc1. The Bertz CT molecular complexity index is 3440.